The third kappa shape index (κ3) is 2.81. The van der Waals surface area contributed by atoms with E-state index in [2.05, 4.69) is 12.1 Å². The van der Waals surface area contributed by atoms with Gasteiger partial charge in [0.25, 0.3) is 0 Å². The second-order valence-corrected chi connectivity index (χ2v) is 5.68. The minimum Gasteiger partial charge on any atom is -0.496 e. The molecule has 0 saturated heterocycles. The molecule has 1 atom stereocenters. The molecule has 0 bridgehead atoms. The number of ether oxygens (including phenoxy) is 1. The predicted molar refractivity (Wildman–Crippen MR) is 86.6 cm³/mol. The molecule has 110 valence electrons. The smallest absolute Gasteiger partial charge is 0.126 e. The summed E-state index contributed by atoms with van der Waals surface area (Å²) in [6.07, 6.45) is 7.49. The molecule has 2 heteroatoms. The summed E-state index contributed by atoms with van der Waals surface area (Å²) < 4.78 is 5.43. The van der Waals surface area contributed by atoms with Gasteiger partial charge in [-0.15, -0.1) is 0 Å². The van der Waals surface area contributed by atoms with Crippen LogP contribution in [0.3, 0.4) is 0 Å². The van der Waals surface area contributed by atoms with Gasteiger partial charge in [-0.2, -0.15) is 0 Å². The summed E-state index contributed by atoms with van der Waals surface area (Å²) >= 11 is 0. The van der Waals surface area contributed by atoms with Gasteiger partial charge in [-0.05, 0) is 48.3 Å². The number of fused-ring (bicyclic) bond motifs is 1. The Kier molecular flexibility index (Phi) is 4.26. The van der Waals surface area contributed by atoms with Gasteiger partial charge in [-0.25, -0.2) is 0 Å². The Balaban J connectivity index is 2.05. The van der Waals surface area contributed by atoms with E-state index in [4.69, 9.17) is 4.74 Å². The van der Waals surface area contributed by atoms with Crippen molar-refractivity contribution in [1.82, 2.24) is 0 Å². The second kappa shape index (κ2) is 6.31. The van der Waals surface area contributed by atoms with E-state index in [9.17, 15) is 5.11 Å². The number of allylic oxidation sites excluding steroid dienone is 1. The van der Waals surface area contributed by atoms with Crippen molar-refractivity contribution in [3.63, 3.8) is 0 Å². The molecule has 3 rings (SSSR count). The lowest BCUT2D eigenvalue weighted by Gasteiger charge is -2.18. The number of rotatable bonds is 3. The van der Waals surface area contributed by atoms with Crippen LogP contribution < -0.4 is 4.74 Å². The molecule has 0 aliphatic heterocycles. The Morgan fingerprint density at radius 3 is 2.62 bits per heavy atom. The Morgan fingerprint density at radius 2 is 1.81 bits per heavy atom. The lowest BCUT2D eigenvalue weighted by molar-refractivity contribution is 0.212. The zero-order chi connectivity index (χ0) is 14.7. The first-order chi connectivity index (χ1) is 10.3. The number of hydrogen-bond acceptors (Lipinski definition) is 2. The molecule has 1 aliphatic carbocycles. The van der Waals surface area contributed by atoms with E-state index in [0.29, 0.717) is 0 Å². The molecule has 2 aromatic carbocycles. The molecule has 0 radical (unpaired) electrons. The normalized spacial score (nSPS) is 17.1. The predicted octanol–water partition coefficient (Wildman–Crippen LogP) is 4.77. The largest absolute Gasteiger partial charge is 0.496 e. The average Bonchev–Trinajstić information content (AvgIpc) is 2.82. The highest BCUT2D eigenvalue weighted by Gasteiger charge is 2.18. The van der Waals surface area contributed by atoms with Gasteiger partial charge < -0.3 is 9.84 Å². The molecule has 21 heavy (non-hydrogen) atoms. The van der Waals surface area contributed by atoms with E-state index in [0.717, 1.165) is 34.9 Å². The van der Waals surface area contributed by atoms with Crippen molar-refractivity contribution in [2.45, 2.75) is 38.2 Å². The van der Waals surface area contributed by atoms with Crippen LogP contribution in [-0.2, 0) is 0 Å². The van der Waals surface area contributed by atoms with Gasteiger partial charge in [0.2, 0.25) is 0 Å². The molecule has 1 aliphatic rings. The summed E-state index contributed by atoms with van der Waals surface area (Å²) in [5.41, 5.74) is 2.15. The lowest BCUT2D eigenvalue weighted by Crippen LogP contribution is -2.03. The van der Waals surface area contributed by atoms with Gasteiger partial charge in [0.1, 0.15) is 11.9 Å². The Labute approximate surface area is 126 Å². The Hall–Kier alpha value is -1.80. The average molecular weight is 282 g/mol. The maximum atomic E-state index is 10.8. The number of benzene rings is 2. The molecular weight excluding hydrogens is 260 g/mol. The number of hydrogen-bond donors (Lipinski definition) is 1. The van der Waals surface area contributed by atoms with E-state index >= 15 is 0 Å². The molecule has 2 aromatic rings. The fourth-order valence-electron chi connectivity index (χ4n) is 3.20. The minimum atomic E-state index is -0.501. The molecule has 1 N–H and O–H groups in total. The van der Waals surface area contributed by atoms with Crippen LogP contribution in [0.1, 0.15) is 43.8 Å². The third-order valence-corrected chi connectivity index (χ3v) is 4.36. The molecule has 0 heterocycles. The molecule has 0 fully saturated rings. The van der Waals surface area contributed by atoms with Crippen LogP contribution in [0.15, 0.2) is 48.0 Å². The second-order valence-electron chi connectivity index (χ2n) is 5.68. The summed E-state index contributed by atoms with van der Waals surface area (Å²) in [5.74, 6) is 0.858. The maximum absolute atomic E-state index is 10.8. The van der Waals surface area contributed by atoms with Crippen molar-refractivity contribution in [2.24, 2.45) is 0 Å². The van der Waals surface area contributed by atoms with Crippen molar-refractivity contribution in [3.05, 3.63) is 53.6 Å². The van der Waals surface area contributed by atoms with E-state index in [-0.39, 0.29) is 0 Å². The van der Waals surface area contributed by atoms with Gasteiger partial charge in [-0.3, -0.25) is 0 Å². The van der Waals surface area contributed by atoms with E-state index < -0.39 is 6.10 Å². The Bertz CT molecular complexity index is 658. The molecule has 0 aromatic heterocycles. The number of aliphatic hydroxyl groups excluding tert-OH is 1. The maximum Gasteiger partial charge on any atom is 0.126 e. The zero-order valence-electron chi connectivity index (χ0n) is 12.5. The van der Waals surface area contributed by atoms with Gasteiger partial charge in [0.15, 0.2) is 0 Å². The van der Waals surface area contributed by atoms with Gasteiger partial charge in [0, 0.05) is 5.39 Å². The van der Waals surface area contributed by atoms with Crippen LogP contribution >= 0.6 is 0 Å². The first kappa shape index (κ1) is 14.2. The van der Waals surface area contributed by atoms with E-state index in [1.165, 1.54) is 24.8 Å². The highest BCUT2D eigenvalue weighted by atomic mass is 16.5. The molecule has 0 amide bonds. The van der Waals surface area contributed by atoms with E-state index in [1.807, 2.05) is 30.3 Å². The van der Waals surface area contributed by atoms with Crippen molar-refractivity contribution in [3.8, 4) is 5.75 Å². The van der Waals surface area contributed by atoms with Crippen molar-refractivity contribution < 1.29 is 9.84 Å². The molecule has 0 saturated carbocycles. The van der Waals surface area contributed by atoms with Gasteiger partial charge in [0.05, 0.1) is 7.11 Å². The highest BCUT2D eigenvalue weighted by molar-refractivity contribution is 5.91. The summed E-state index contributed by atoms with van der Waals surface area (Å²) in [5, 5.41) is 13.0. The fourth-order valence-corrected chi connectivity index (χ4v) is 3.20. The molecule has 2 nitrogen and oxygen atoms in total. The van der Waals surface area contributed by atoms with Crippen molar-refractivity contribution >= 4 is 10.8 Å². The standard InChI is InChI=1S/C19H22O2/c1-21-18-13-12-17(15-10-6-7-11-16(15)18)19(20)14-8-4-2-3-5-9-14/h6-8,10-13,19-20H,2-5,9H2,1H3. The van der Waals surface area contributed by atoms with Crippen molar-refractivity contribution in [2.75, 3.05) is 7.11 Å². The summed E-state index contributed by atoms with van der Waals surface area (Å²) in [4.78, 5) is 0. The summed E-state index contributed by atoms with van der Waals surface area (Å²) in [6, 6.07) is 12.1. The van der Waals surface area contributed by atoms with Crippen LogP contribution in [0, 0.1) is 0 Å². The van der Waals surface area contributed by atoms with Crippen LogP contribution in [-0.4, -0.2) is 12.2 Å². The molecular formula is C19H22O2. The van der Waals surface area contributed by atoms with Crippen LogP contribution in [0.4, 0.5) is 0 Å². The van der Waals surface area contributed by atoms with Crippen molar-refractivity contribution in [1.29, 1.82) is 0 Å². The van der Waals surface area contributed by atoms with Crippen LogP contribution in [0.5, 0.6) is 5.75 Å². The summed E-state index contributed by atoms with van der Waals surface area (Å²) in [7, 11) is 1.69. The van der Waals surface area contributed by atoms with Gasteiger partial charge in [-0.1, -0.05) is 42.8 Å². The minimum absolute atomic E-state index is 0.501. The lowest BCUT2D eigenvalue weighted by atomic mass is 9.93. The summed E-state index contributed by atoms with van der Waals surface area (Å²) in [6.45, 7) is 0. The molecule has 1 unspecified atom stereocenters. The topological polar surface area (TPSA) is 29.5 Å². The zero-order valence-corrected chi connectivity index (χ0v) is 12.5. The SMILES string of the molecule is COc1ccc(C(O)C2=CCCCCC2)c2ccccc12. The van der Waals surface area contributed by atoms with Crippen LogP contribution in [0.25, 0.3) is 10.8 Å². The first-order valence-electron chi connectivity index (χ1n) is 7.74. The van der Waals surface area contributed by atoms with Gasteiger partial charge >= 0.3 is 0 Å². The quantitative estimate of drug-likeness (QED) is 0.821. The molecule has 0 spiro atoms. The van der Waals surface area contributed by atoms with E-state index in [1.54, 1.807) is 7.11 Å². The van der Waals surface area contributed by atoms with Crippen LogP contribution in [0.2, 0.25) is 0 Å². The third-order valence-electron chi connectivity index (χ3n) is 4.36. The fraction of sp³-hybridized carbons (Fsp3) is 0.368. The Morgan fingerprint density at radius 1 is 1.00 bits per heavy atom. The number of methoxy groups -OCH3 is 1. The first-order valence-corrected chi connectivity index (χ1v) is 7.74. The highest BCUT2D eigenvalue weighted by Crippen LogP contribution is 2.36. The number of aliphatic hydroxyl groups is 1. The monoisotopic (exact) mass is 282 g/mol.